The molecule has 0 aliphatic carbocycles. The topological polar surface area (TPSA) is 28.1 Å². The van der Waals surface area contributed by atoms with Crippen LogP contribution in [-0.4, -0.2) is 50.6 Å². The zero-order valence-electron chi connectivity index (χ0n) is 12.1. The van der Waals surface area contributed by atoms with Gasteiger partial charge in [0.2, 0.25) is 0 Å². The molecule has 1 rings (SSSR count). The van der Waals surface area contributed by atoms with Crippen LogP contribution in [0.25, 0.3) is 0 Å². The van der Waals surface area contributed by atoms with E-state index in [2.05, 4.69) is 10.9 Å². The van der Waals surface area contributed by atoms with Crippen molar-refractivity contribution in [1.29, 1.82) is 0 Å². The second-order valence-electron chi connectivity index (χ2n) is 4.54. The Kier molecular flexibility index (Phi) is 5.74. The molecule has 0 heterocycles. The van der Waals surface area contributed by atoms with Crippen molar-refractivity contribution in [3.63, 3.8) is 0 Å². The highest BCUT2D eigenvalue weighted by Gasteiger charge is 2.03. The van der Waals surface area contributed by atoms with E-state index in [0.29, 0.717) is 13.2 Å². The second-order valence-corrected chi connectivity index (χ2v) is 4.54. The molecule has 19 heavy (non-hydrogen) atoms. The minimum absolute atomic E-state index is 0.295. The molecule has 0 atom stereocenters. The maximum Gasteiger partial charge on any atom is 0.195 e. The van der Waals surface area contributed by atoms with Crippen LogP contribution in [0.2, 0.25) is 0 Å². The summed E-state index contributed by atoms with van der Waals surface area (Å²) in [6.07, 6.45) is 5.14. The Bertz CT molecular complexity index is 445. The first kappa shape index (κ1) is 14.9. The van der Waals surface area contributed by atoms with E-state index in [-0.39, 0.29) is 0 Å². The first-order chi connectivity index (χ1) is 9.04. The fraction of sp³-hybridized carbons (Fsp3) is 0.400. The van der Waals surface area contributed by atoms with Gasteiger partial charge in [0.1, 0.15) is 12.4 Å². The van der Waals surface area contributed by atoms with Gasteiger partial charge in [-0.05, 0) is 17.7 Å². The van der Waals surface area contributed by atoms with Crippen molar-refractivity contribution in [3.05, 3.63) is 29.8 Å². The van der Waals surface area contributed by atoms with E-state index in [4.69, 9.17) is 11.2 Å². The first-order valence-electron chi connectivity index (χ1n) is 6.09. The van der Waals surface area contributed by atoms with E-state index < -0.39 is 0 Å². The number of rotatable bonds is 4. The smallest absolute Gasteiger partial charge is 0.195 e. The molecule has 0 bridgehead atoms. The van der Waals surface area contributed by atoms with Gasteiger partial charge in [0.25, 0.3) is 0 Å². The van der Waals surface area contributed by atoms with Crippen molar-refractivity contribution in [2.24, 2.45) is 4.99 Å². The number of guanidine groups is 1. The number of ether oxygens (including phenoxy) is 1. The molecule has 4 heteroatoms. The van der Waals surface area contributed by atoms with Crippen molar-refractivity contribution in [1.82, 2.24) is 9.80 Å². The van der Waals surface area contributed by atoms with E-state index in [0.717, 1.165) is 17.3 Å². The molecule has 0 saturated heterocycles. The van der Waals surface area contributed by atoms with Crippen molar-refractivity contribution in [2.45, 2.75) is 6.54 Å². The first-order valence-corrected chi connectivity index (χ1v) is 6.09. The zero-order chi connectivity index (χ0) is 14.3. The predicted octanol–water partition coefficient (Wildman–Crippen LogP) is 1.68. The molecule has 0 saturated carbocycles. The lowest BCUT2D eigenvalue weighted by molar-refractivity contribution is 0.370. The van der Waals surface area contributed by atoms with Crippen LogP contribution < -0.4 is 4.74 Å². The number of nitrogens with zero attached hydrogens (tertiary/aromatic N) is 3. The fourth-order valence-corrected chi connectivity index (χ4v) is 1.66. The Morgan fingerprint density at radius 1 is 1.16 bits per heavy atom. The standard InChI is InChI=1S/C15H21N3O/c1-6-11-19-14-9-7-13(8-10-14)12-16-15(17(2)3)18(4)5/h1,7-10H,11-12H2,2-5H3. The summed E-state index contributed by atoms with van der Waals surface area (Å²) in [5, 5.41) is 0. The summed E-state index contributed by atoms with van der Waals surface area (Å²) in [7, 11) is 7.93. The number of aliphatic imine (C=N–C) groups is 1. The molecule has 1 aromatic rings. The van der Waals surface area contributed by atoms with Crippen molar-refractivity contribution >= 4 is 5.96 Å². The molecule has 0 radical (unpaired) electrons. The quantitative estimate of drug-likeness (QED) is 0.468. The van der Waals surface area contributed by atoms with E-state index in [1.54, 1.807) is 0 Å². The average Bonchev–Trinajstić information content (AvgIpc) is 2.37. The minimum Gasteiger partial charge on any atom is -0.481 e. The lowest BCUT2D eigenvalue weighted by Gasteiger charge is -2.22. The van der Waals surface area contributed by atoms with Crippen LogP contribution in [0.5, 0.6) is 5.75 Å². The average molecular weight is 259 g/mol. The fourth-order valence-electron chi connectivity index (χ4n) is 1.66. The van der Waals surface area contributed by atoms with Crippen LogP contribution in [0.15, 0.2) is 29.3 Å². The largest absolute Gasteiger partial charge is 0.481 e. The molecule has 0 unspecified atom stereocenters. The lowest BCUT2D eigenvalue weighted by Crippen LogP contribution is -2.35. The van der Waals surface area contributed by atoms with Crippen LogP contribution in [0.1, 0.15) is 5.56 Å². The number of benzene rings is 1. The molecule has 0 aromatic heterocycles. The molecule has 1 aromatic carbocycles. The molecular weight excluding hydrogens is 238 g/mol. The van der Waals surface area contributed by atoms with Gasteiger partial charge in [-0.3, -0.25) is 0 Å². The molecule has 0 fully saturated rings. The lowest BCUT2D eigenvalue weighted by atomic mass is 10.2. The van der Waals surface area contributed by atoms with E-state index in [1.807, 2.05) is 62.3 Å². The summed E-state index contributed by atoms with van der Waals surface area (Å²) in [5.74, 6) is 4.16. The molecule has 0 aliphatic heterocycles. The van der Waals surface area contributed by atoms with Crippen LogP contribution in [0, 0.1) is 12.3 Å². The van der Waals surface area contributed by atoms with Crippen LogP contribution in [0.3, 0.4) is 0 Å². The third-order valence-electron chi connectivity index (χ3n) is 2.45. The van der Waals surface area contributed by atoms with Gasteiger partial charge in [-0.15, -0.1) is 6.42 Å². The van der Waals surface area contributed by atoms with Crippen LogP contribution in [0.4, 0.5) is 0 Å². The monoisotopic (exact) mass is 259 g/mol. The van der Waals surface area contributed by atoms with Gasteiger partial charge in [0, 0.05) is 28.2 Å². The summed E-state index contributed by atoms with van der Waals surface area (Å²) < 4.78 is 5.32. The Balaban J connectivity index is 2.67. The highest BCUT2D eigenvalue weighted by atomic mass is 16.5. The molecule has 102 valence electrons. The third kappa shape index (κ3) is 4.92. The summed E-state index contributed by atoms with van der Waals surface area (Å²) in [6.45, 7) is 0.935. The van der Waals surface area contributed by atoms with Crippen molar-refractivity contribution < 1.29 is 4.74 Å². The summed E-state index contributed by atoms with van der Waals surface area (Å²) >= 11 is 0. The van der Waals surface area contributed by atoms with Gasteiger partial charge in [0.05, 0.1) is 6.54 Å². The molecule has 0 N–H and O–H groups in total. The van der Waals surface area contributed by atoms with Crippen molar-refractivity contribution in [3.8, 4) is 18.1 Å². The SMILES string of the molecule is C#CCOc1ccc(CN=C(N(C)C)N(C)C)cc1. The van der Waals surface area contributed by atoms with Crippen LogP contribution >= 0.6 is 0 Å². The number of terminal acetylenes is 1. The summed E-state index contributed by atoms with van der Waals surface area (Å²) in [5.41, 5.74) is 1.13. The van der Waals surface area contributed by atoms with Crippen molar-refractivity contribution in [2.75, 3.05) is 34.8 Å². The zero-order valence-corrected chi connectivity index (χ0v) is 12.1. The molecule has 4 nitrogen and oxygen atoms in total. The Hall–Kier alpha value is -2.15. The van der Waals surface area contributed by atoms with E-state index in [1.165, 1.54) is 0 Å². The van der Waals surface area contributed by atoms with E-state index >= 15 is 0 Å². The predicted molar refractivity (Wildman–Crippen MR) is 79.3 cm³/mol. The van der Waals surface area contributed by atoms with Gasteiger partial charge in [-0.1, -0.05) is 18.1 Å². The number of hydrogen-bond acceptors (Lipinski definition) is 2. The number of hydrogen-bond donors (Lipinski definition) is 0. The van der Waals surface area contributed by atoms with Gasteiger partial charge in [0.15, 0.2) is 5.96 Å². The van der Waals surface area contributed by atoms with Gasteiger partial charge in [-0.2, -0.15) is 0 Å². The Morgan fingerprint density at radius 2 is 1.74 bits per heavy atom. The minimum atomic E-state index is 0.295. The van der Waals surface area contributed by atoms with E-state index in [9.17, 15) is 0 Å². The molecular formula is C15H21N3O. The van der Waals surface area contributed by atoms with Gasteiger partial charge >= 0.3 is 0 Å². The maximum atomic E-state index is 5.32. The third-order valence-corrected chi connectivity index (χ3v) is 2.45. The highest BCUT2D eigenvalue weighted by Crippen LogP contribution is 2.12. The molecule has 0 amide bonds. The Morgan fingerprint density at radius 3 is 2.21 bits per heavy atom. The maximum absolute atomic E-state index is 5.32. The highest BCUT2D eigenvalue weighted by molar-refractivity contribution is 5.79. The Labute approximate surface area is 115 Å². The molecule has 0 aliphatic rings. The normalized spacial score (nSPS) is 9.42. The van der Waals surface area contributed by atoms with Gasteiger partial charge in [-0.25, -0.2) is 4.99 Å². The second kappa shape index (κ2) is 7.32. The molecule has 0 spiro atoms. The van der Waals surface area contributed by atoms with Crippen LogP contribution in [-0.2, 0) is 6.54 Å². The van der Waals surface area contributed by atoms with Gasteiger partial charge < -0.3 is 14.5 Å². The summed E-state index contributed by atoms with van der Waals surface area (Å²) in [6, 6.07) is 7.82. The summed E-state index contributed by atoms with van der Waals surface area (Å²) in [4.78, 5) is 8.56.